The van der Waals surface area contributed by atoms with Gasteiger partial charge in [0.15, 0.2) is 5.03 Å². The number of sulfonamides is 1. The lowest BCUT2D eigenvalue weighted by atomic mass is 9.93. The summed E-state index contributed by atoms with van der Waals surface area (Å²) in [4.78, 5) is 16.8. The summed E-state index contributed by atoms with van der Waals surface area (Å²) >= 11 is 0. The van der Waals surface area contributed by atoms with Gasteiger partial charge in [-0.25, -0.2) is 23.3 Å². The molecule has 0 bridgehead atoms. The molecule has 0 radical (unpaired) electrons. The van der Waals surface area contributed by atoms with Gasteiger partial charge < -0.3 is 15.3 Å². The molecule has 2 heterocycles. The predicted octanol–water partition coefficient (Wildman–Crippen LogP) is 2.48. The third-order valence-electron chi connectivity index (χ3n) is 4.80. The maximum atomic E-state index is 11.3. The van der Waals surface area contributed by atoms with Crippen molar-refractivity contribution in [3.63, 3.8) is 0 Å². The van der Waals surface area contributed by atoms with Gasteiger partial charge >= 0.3 is 6.09 Å². The van der Waals surface area contributed by atoms with Gasteiger partial charge in [0, 0.05) is 18.6 Å². The Kier molecular flexibility index (Phi) is 6.46. The highest BCUT2D eigenvalue weighted by atomic mass is 32.2. The van der Waals surface area contributed by atoms with E-state index in [-0.39, 0.29) is 10.6 Å². The minimum atomic E-state index is -3.79. The molecule has 26 heavy (non-hydrogen) atoms. The lowest BCUT2D eigenvalue weighted by Gasteiger charge is -2.28. The number of anilines is 1. The van der Waals surface area contributed by atoms with E-state index in [1.165, 1.54) is 6.07 Å². The average molecular weight is 385 g/mol. The second kappa shape index (κ2) is 8.22. The van der Waals surface area contributed by atoms with Gasteiger partial charge in [-0.05, 0) is 51.2 Å². The van der Waals surface area contributed by atoms with Gasteiger partial charge in [0.05, 0.1) is 0 Å². The van der Waals surface area contributed by atoms with Crippen molar-refractivity contribution >= 4 is 21.9 Å². The molecule has 9 heteroatoms. The second-order valence-electron chi connectivity index (χ2n) is 7.46. The fraction of sp³-hybridized carbons (Fsp3) is 0.647. The molecule has 1 amide bonds. The minimum Gasteiger partial charge on any atom is -0.465 e. The Morgan fingerprint density at radius 2 is 2.12 bits per heavy atom. The van der Waals surface area contributed by atoms with Crippen LogP contribution in [0, 0.1) is 5.92 Å². The molecular formula is C17H28N4O4S. The van der Waals surface area contributed by atoms with Crippen molar-refractivity contribution in [3.05, 3.63) is 18.2 Å². The van der Waals surface area contributed by atoms with Crippen molar-refractivity contribution < 1.29 is 18.3 Å². The van der Waals surface area contributed by atoms with Gasteiger partial charge in [-0.2, -0.15) is 0 Å². The number of likely N-dealkylation sites (tertiary alicyclic amines) is 1. The number of carboxylic acid groups (broad SMARTS) is 1. The van der Waals surface area contributed by atoms with Gasteiger partial charge in [0.2, 0.25) is 0 Å². The molecule has 0 aliphatic carbocycles. The van der Waals surface area contributed by atoms with E-state index >= 15 is 0 Å². The van der Waals surface area contributed by atoms with Crippen molar-refractivity contribution in [1.29, 1.82) is 0 Å². The number of amides is 1. The summed E-state index contributed by atoms with van der Waals surface area (Å²) in [6.07, 6.45) is 4.08. The van der Waals surface area contributed by atoms with Crippen LogP contribution in [0.15, 0.2) is 23.2 Å². The van der Waals surface area contributed by atoms with Crippen LogP contribution in [0.4, 0.5) is 10.6 Å². The first kappa shape index (κ1) is 20.4. The van der Waals surface area contributed by atoms with E-state index in [9.17, 15) is 18.3 Å². The molecule has 4 N–H and O–H groups in total. The highest BCUT2D eigenvalue weighted by Gasteiger charge is 2.40. The third-order valence-corrected chi connectivity index (χ3v) is 5.61. The number of carbonyl (C=O) groups is 1. The average Bonchev–Trinajstić information content (AvgIpc) is 2.85. The first-order valence-electron chi connectivity index (χ1n) is 8.84. The Bertz CT molecular complexity index is 736. The van der Waals surface area contributed by atoms with E-state index in [2.05, 4.69) is 10.3 Å². The van der Waals surface area contributed by atoms with Crippen LogP contribution in [-0.2, 0) is 10.0 Å². The topological polar surface area (TPSA) is 126 Å². The number of unbranched alkanes of at least 4 members (excludes halogenated alkanes) is 2. The molecule has 1 atom stereocenters. The van der Waals surface area contributed by atoms with E-state index in [0.29, 0.717) is 24.8 Å². The molecule has 1 aliphatic rings. The van der Waals surface area contributed by atoms with Gasteiger partial charge in [-0.3, -0.25) is 0 Å². The van der Waals surface area contributed by atoms with Crippen LogP contribution in [0.3, 0.4) is 0 Å². The zero-order valence-electron chi connectivity index (χ0n) is 15.3. The number of nitrogens with two attached hydrogens (primary N) is 1. The molecule has 1 aliphatic heterocycles. The molecule has 1 aromatic heterocycles. The molecular weight excluding hydrogens is 356 g/mol. The van der Waals surface area contributed by atoms with Crippen molar-refractivity contribution in [1.82, 2.24) is 9.88 Å². The van der Waals surface area contributed by atoms with Gasteiger partial charge in [-0.15, -0.1) is 0 Å². The highest BCUT2D eigenvalue weighted by Crippen LogP contribution is 2.35. The SMILES string of the molecule is CC1(C)C[C@H](CCCCCNc2cccc(S(N)(=O)=O)n2)CN1C(=O)O. The van der Waals surface area contributed by atoms with Crippen molar-refractivity contribution in [3.8, 4) is 0 Å². The summed E-state index contributed by atoms with van der Waals surface area (Å²) in [5.74, 6) is 0.910. The summed E-state index contributed by atoms with van der Waals surface area (Å²) < 4.78 is 22.6. The van der Waals surface area contributed by atoms with E-state index in [4.69, 9.17) is 5.14 Å². The first-order valence-corrected chi connectivity index (χ1v) is 10.4. The smallest absolute Gasteiger partial charge is 0.407 e. The normalized spacial score (nSPS) is 19.5. The number of pyridine rings is 1. The summed E-state index contributed by atoms with van der Waals surface area (Å²) in [7, 11) is -3.79. The van der Waals surface area contributed by atoms with Crippen molar-refractivity contribution in [2.45, 2.75) is 56.5 Å². The Balaban J connectivity index is 1.67. The monoisotopic (exact) mass is 384 g/mol. The van der Waals surface area contributed by atoms with Crippen LogP contribution < -0.4 is 10.5 Å². The minimum absolute atomic E-state index is 0.144. The van der Waals surface area contributed by atoms with E-state index < -0.39 is 16.1 Å². The van der Waals surface area contributed by atoms with Crippen molar-refractivity contribution in [2.75, 3.05) is 18.4 Å². The number of nitrogens with one attached hydrogen (secondary N) is 1. The molecule has 8 nitrogen and oxygen atoms in total. The molecule has 1 saturated heterocycles. The Morgan fingerprint density at radius 3 is 2.73 bits per heavy atom. The fourth-order valence-corrected chi connectivity index (χ4v) is 4.03. The standard InChI is InChI=1S/C17H28N4O4S/c1-17(2)11-13(12-21(17)16(22)23)7-4-3-5-10-19-14-8-6-9-15(20-14)26(18,24)25/h6,8-9,13H,3-5,7,10-12H2,1-2H3,(H,19,20)(H,22,23)(H2,18,24,25)/t13-/m0/s1. The fourth-order valence-electron chi connectivity index (χ4n) is 3.54. The number of hydrogen-bond acceptors (Lipinski definition) is 5. The lowest BCUT2D eigenvalue weighted by molar-refractivity contribution is 0.117. The molecule has 0 unspecified atom stereocenters. The molecule has 0 aromatic carbocycles. The largest absolute Gasteiger partial charge is 0.465 e. The molecule has 0 spiro atoms. The highest BCUT2D eigenvalue weighted by molar-refractivity contribution is 7.89. The first-order chi connectivity index (χ1) is 12.1. The van der Waals surface area contributed by atoms with Crippen LogP contribution in [0.2, 0.25) is 0 Å². The molecule has 1 aromatic rings. The number of primary sulfonamides is 1. The van der Waals surface area contributed by atoms with E-state index in [1.54, 1.807) is 17.0 Å². The number of aromatic nitrogens is 1. The Hall–Kier alpha value is -1.87. The number of nitrogens with zero attached hydrogens (tertiary/aromatic N) is 2. The van der Waals surface area contributed by atoms with Crippen molar-refractivity contribution in [2.24, 2.45) is 11.1 Å². The number of hydrogen-bond donors (Lipinski definition) is 3. The maximum absolute atomic E-state index is 11.3. The quantitative estimate of drug-likeness (QED) is 0.591. The summed E-state index contributed by atoms with van der Waals surface area (Å²) in [5.41, 5.74) is -0.280. The maximum Gasteiger partial charge on any atom is 0.407 e. The summed E-state index contributed by atoms with van der Waals surface area (Å²) in [6, 6.07) is 4.67. The van der Waals surface area contributed by atoms with Crippen LogP contribution in [0.25, 0.3) is 0 Å². The predicted molar refractivity (Wildman–Crippen MR) is 99.5 cm³/mol. The second-order valence-corrected chi connectivity index (χ2v) is 8.97. The van der Waals surface area contributed by atoms with E-state index in [1.807, 2.05) is 13.8 Å². The van der Waals surface area contributed by atoms with Crippen LogP contribution >= 0.6 is 0 Å². The van der Waals surface area contributed by atoms with Crippen LogP contribution in [-0.4, -0.2) is 48.1 Å². The Labute approximate surface area is 154 Å². The molecule has 146 valence electrons. The Morgan fingerprint density at radius 1 is 1.38 bits per heavy atom. The molecule has 0 saturated carbocycles. The van der Waals surface area contributed by atoms with E-state index in [0.717, 1.165) is 32.1 Å². The molecule has 2 rings (SSSR count). The number of rotatable bonds is 8. The van der Waals surface area contributed by atoms with Crippen LogP contribution in [0.1, 0.15) is 46.0 Å². The van der Waals surface area contributed by atoms with Gasteiger partial charge in [0.1, 0.15) is 5.82 Å². The lowest BCUT2D eigenvalue weighted by Crippen LogP contribution is -2.41. The van der Waals surface area contributed by atoms with Gasteiger partial charge in [-0.1, -0.05) is 18.9 Å². The summed E-state index contributed by atoms with van der Waals surface area (Å²) in [6.45, 7) is 5.27. The van der Waals surface area contributed by atoms with Crippen LogP contribution in [0.5, 0.6) is 0 Å². The zero-order chi connectivity index (χ0) is 19.4. The third kappa shape index (κ3) is 5.57. The summed E-state index contributed by atoms with van der Waals surface area (Å²) in [5, 5.41) is 17.3. The van der Waals surface area contributed by atoms with Gasteiger partial charge in [0.25, 0.3) is 10.0 Å². The molecule has 1 fully saturated rings. The zero-order valence-corrected chi connectivity index (χ0v) is 16.1.